The van der Waals surface area contributed by atoms with Gasteiger partial charge in [-0.25, -0.2) is 0 Å². The average Bonchev–Trinajstić information content (AvgIpc) is 3.02. The molecule has 1 heterocycles. The fraction of sp³-hybridized carbons (Fsp3) is 0.333. The maximum absolute atomic E-state index is 12.9. The van der Waals surface area contributed by atoms with E-state index in [9.17, 15) is 4.79 Å². The van der Waals surface area contributed by atoms with E-state index in [1.54, 1.807) is 32.4 Å². The van der Waals surface area contributed by atoms with Crippen LogP contribution in [0.5, 0.6) is 11.5 Å². The van der Waals surface area contributed by atoms with Crippen LogP contribution in [-0.2, 0) is 11.3 Å². The number of methoxy groups -OCH3 is 3. The van der Waals surface area contributed by atoms with Crippen LogP contribution >= 0.6 is 11.3 Å². The number of ether oxygens (including phenoxy) is 3. The van der Waals surface area contributed by atoms with E-state index in [-0.39, 0.29) is 5.91 Å². The van der Waals surface area contributed by atoms with E-state index < -0.39 is 0 Å². The minimum absolute atomic E-state index is 0.355. The third-order valence-electron chi connectivity index (χ3n) is 4.47. The molecule has 0 saturated carbocycles. The van der Waals surface area contributed by atoms with E-state index in [2.05, 4.69) is 31.0 Å². The molecule has 0 aliphatic heterocycles. The molecule has 3 rings (SSSR count). The number of rotatable bonds is 6. The van der Waals surface area contributed by atoms with Gasteiger partial charge in [0.1, 0.15) is 11.5 Å². The molecule has 0 spiro atoms. The summed E-state index contributed by atoms with van der Waals surface area (Å²) < 4.78 is 19.0. The maximum atomic E-state index is 12.9. The van der Waals surface area contributed by atoms with Crippen LogP contribution in [0.15, 0.2) is 35.3 Å². The van der Waals surface area contributed by atoms with E-state index in [0.29, 0.717) is 35.0 Å². The second kappa shape index (κ2) is 8.58. The number of hydrogen-bond acceptors (Lipinski definition) is 5. The summed E-state index contributed by atoms with van der Waals surface area (Å²) in [4.78, 5) is 18.0. The van der Waals surface area contributed by atoms with Crippen LogP contribution in [0, 0.1) is 13.8 Å². The molecular formula is C21H24N2O4S. The van der Waals surface area contributed by atoms with Crippen LogP contribution in [0.4, 0.5) is 0 Å². The Morgan fingerprint density at radius 3 is 2.57 bits per heavy atom. The highest BCUT2D eigenvalue weighted by Gasteiger charge is 2.15. The van der Waals surface area contributed by atoms with Gasteiger partial charge in [0.15, 0.2) is 4.80 Å². The molecule has 28 heavy (non-hydrogen) atoms. The van der Waals surface area contributed by atoms with Crippen molar-refractivity contribution >= 4 is 27.5 Å². The molecule has 2 aromatic carbocycles. The molecule has 0 aliphatic rings. The van der Waals surface area contributed by atoms with Gasteiger partial charge in [0.05, 0.1) is 36.6 Å². The molecule has 7 heteroatoms. The first kappa shape index (κ1) is 20.1. The summed E-state index contributed by atoms with van der Waals surface area (Å²) in [6.45, 7) is 5.29. The van der Waals surface area contributed by atoms with E-state index >= 15 is 0 Å². The van der Waals surface area contributed by atoms with Crippen molar-refractivity contribution in [2.45, 2.75) is 20.4 Å². The number of aryl methyl sites for hydroxylation is 2. The van der Waals surface area contributed by atoms with E-state index in [1.165, 1.54) is 24.0 Å². The van der Waals surface area contributed by atoms with Crippen LogP contribution in [0.2, 0.25) is 0 Å². The molecular weight excluding hydrogens is 376 g/mol. The number of aromatic nitrogens is 1. The van der Waals surface area contributed by atoms with Crippen molar-refractivity contribution in [3.63, 3.8) is 0 Å². The van der Waals surface area contributed by atoms with Crippen molar-refractivity contribution in [1.29, 1.82) is 0 Å². The number of thiazole rings is 1. The summed E-state index contributed by atoms with van der Waals surface area (Å²) in [6, 6.07) is 9.33. The highest BCUT2D eigenvalue weighted by Crippen LogP contribution is 2.26. The molecule has 0 atom stereocenters. The molecule has 1 aromatic heterocycles. The van der Waals surface area contributed by atoms with Crippen molar-refractivity contribution in [2.24, 2.45) is 4.99 Å². The van der Waals surface area contributed by atoms with E-state index in [0.717, 1.165) is 15.8 Å². The lowest BCUT2D eigenvalue weighted by Crippen LogP contribution is -2.20. The molecule has 0 bridgehead atoms. The highest BCUT2D eigenvalue weighted by molar-refractivity contribution is 7.16. The number of carbonyl (C=O) groups excluding carboxylic acids is 1. The van der Waals surface area contributed by atoms with Gasteiger partial charge in [0, 0.05) is 19.7 Å². The summed E-state index contributed by atoms with van der Waals surface area (Å²) in [5.41, 5.74) is 3.81. The van der Waals surface area contributed by atoms with Gasteiger partial charge in [0.2, 0.25) is 0 Å². The first-order valence-corrected chi connectivity index (χ1v) is 9.70. The van der Waals surface area contributed by atoms with Gasteiger partial charge in [-0.15, -0.1) is 0 Å². The lowest BCUT2D eigenvalue weighted by Gasteiger charge is -2.08. The van der Waals surface area contributed by atoms with Gasteiger partial charge in [-0.05, 0) is 43.2 Å². The van der Waals surface area contributed by atoms with Crippen molar-refractivity contribution in [2.75, 3.05) is 27.9 Å². The van der Waals surface area contributed by atoms with Crippen molar-refractivity contribution in [3.8, 4) is 11.5 Å². The fourth-order valence-corrected chi connectivity index (χ4v) is 4.42. The first-order valence-electron chi connectivity index (χ1n) is 8.89. The fourth-order valence-electron chi connectivity index (χ4n) is 3.19. The second-order valence-corrected chi connectivity index (χ2v) is 7.45. The Hall–Kier alpha value is -2.64. The lowest BCUT2D eigenvalue weighted by molar-refractivity contribution is 0.0994. The Balaban J connectivity index is 2.15. The van der Waals surface area contributed by atoms with Crippen LogP contribution in [-0.4, -0.2) is 38.4 Å². The Morgan fingerprint density at radius 1 is 1.11 bits per heavy atom. The van der Waals surface area contributed by atoms with Gasteiger partial charge >= 0.3 is 0 Å². The molecule has 0 aliphatic carbocycles. The largest absolute Gasteiger partial charge is 0.497 e. The average molecular weight is 401 g/mol. The van der Waals surface area contributed by atoms with Gasteiger partial charge in [0.25, 0.3) is 5.91 Å². The summed E-state index contributed by atoms with van der Waals surface area (Å²) in [5.74, 6) is 0.702. The Morgan fingerprint density at radius 2 is 1.89 bits per heavy atom. The summed E-state index contributed by atoms with van der Waals surface area (Å²) in [5, 5.41) is 0. The third-order valence-corrected chi connectivity index (χ3v) is 5.49. The number of carbonyl (C=O) groups is 1. The van der Waals surface area contributed by atoms with Crippen LogP contribution in [0.25, 0.3) is 10.2 Å². The standard InChI is InChI=1S/C21H24N2O4S/c1-13-10-14(2)19-18(11-13)28-21(23(19)8-9-25-3)22-20(24)16-7-6-15(26-4)12-17(16)27-5/h6-7,10-12H,8-9H2,1-5H3. The van der Waals surface area contributed by atoms with Crippen molar-refractivity contribution in [3.05, 3.63) is 51.8 Å². The number of nitrogens with zero attached hydrogens (tertiary/aromatic N) is 2. The van der Waals surface area contributed by atoms with Crippen molar-refractivity contribution in [1.82, 2.24) is 4.57 Å². The summed E-state index contributed by atoms with van der Waals surface area (Å²) >= 11 is 1.50. The molecule has 6 nitrogen and oxygen atoms in total. The zero-order chi connectivity index (χ0) is 20.3. The molecule has 0 unspecified atom stereocenters. The monoisotopic (exact) mass is 400 g/mol. The quantitative estimate of drug-likeness (QED) is 0.633. The lowest BCUT2D eigenvalue weighted by atomic mass is 10.1. The minimum Gasteiger partial charge on any atom is -0.497 e. The van der Waals surface area contributed by atoms with Gasteiger partial charge in [-0.2, -0.15) is 4.99 Å². The molecule has 3 aromatic rings. The molecule has 0 saturated heterocycles. The Labute approximate surface area is 168 Å². The van der Waals surface area contributed by atoms with Crippen molar-refractivity contribution < 1.29 is 19.0 Å². The predicted octanol–water partition coefficient (Wildman–Crippen LogP) is 3.72. The topological polar surface area (TPSA) is 62.1 Å². The highest BCUT2D eigenvalue weighted by atomic mass is 32.1. The third kappa shape index (κ3) is 3.95. The summed E-state index contributed by atoms with van der Waals surface area (Å²) in [7, 11) is 4.76. The van der Waals surface area contributed by atoms with Gasteiger partial charge in [-0.1, -0.05) is 17.4 Å². The molecule has 148 valence electrons. The Kier molecular flexibility index (Phi) is 6.16. The maximum Gasteiger partial charge on any atom is 0.283 e. The summed E-state index contributed by atoms with van der Waals surface area (Å²) in [6.07, 6.45) is 0. The van der Waals surface area contributed by atoms with E-state index in [1.807, 2.05) is 4.57 Å². The number of fused-ring (bicyclic) bond motifs is 1. The van der Waals surface area contributed by atoms with Crippen LogP contribution in [0.1, 0.15) is 21.5 Å². The molecule has 0 N–H and O–H groups in total. The Bertz CT molecular complexity index is 1080. The SMILES string of the molecule is COCCn1c(=NC(=O)c2ccc(OC)cc2OC)sc2cc(C)cc(C)c21. The number of benzene rings is 2. The minimum atomic E-state index is -0.355. The first-order chi connectivity index (χ1) is 13.5. The molecule has 1 amide bonds. The molecule has 0 fully saturated rings. The number of hydrogen-bond donors (Lipinski definition) is 0. The predicted molar refractivity (Wildman–Crippen MR) is 111 cm³/mol. The second-order valence-electron chi connectivity index (χ2n) is 6.44. The van der Waals surface area contributed by atoms with Crippen LogP contribution in [0.3, 0.4) is 0 Å². The van der Waals surface area contributed by atoms with Gasteiger partial charge in [-0.3, -0.25) is 4.79 Å². The van der Waals surface area contributed by atoms with Gasteiger partial charge < -0.3 is 18.8 Å². The zero-order valence-electron chi connectivity index (χ0n) is 16.7. The smallest absolute Gasteiger partial charge is 0.283 e. The molecule has 0 radical (unpaired) electrons. The zero-order valence-corrected chi connectivity index (χ0v) is 17.6. The van der Waals surface area contributed by atoms with Crippen LogP contribution < -0.4 is 14.3 Å². The normalized spacial score (nSPS) is 11.8. The van der Waals surface area contributed by atoms with E-state index in [4.69, 9.17) is 14.2 Å². The number of amides is 1.